The van der Waals surface area contributed by atoms with E-state index in [9.17, 15) is 4.79 Å². The smallest absolute Gasteiger partial charge is 0.251 e. The van der Waals surface area contributed by atoms with E-state index in [-0.39, 0.29) is 11.4 Å². The van der Waals surface area contributed by atoms with Gasteiger partial charge in [-0.1, -0.05) is 25.8 Å². The summed E-state index contributed by atoms with van der Waals surface area (Å²) in [5.41, 5.74) is 7.36. The molecule has 2 unspecified atom stereocenters. The molecule has 116 valence electrons. The van der Waals surface area contributed by atoms with Crippen molar-refractivity contribution in [3.63, 3.8) is 0 Å². The van der Waals surface area contributed by atoms with Crippen LogP contribution >= 0.6 is 0 Å². The van der Waals surface area contributed by atoms with Crippen LogP contribution < -0.4 is 15.8 Å². The fourth-order valence-corrected chi connectivity index (χ4v) is 3.28. The Hall–Kier alpha value is -1.55. The normalized spacial score (nSPS) is 25.4. The summed E-state index contributed by atoms with van der Waals surface area (Å²) in [5.74, 6) is 1.28. The highest BCUT2D eigenvalue weighted by Crippen LogP contribution is 2.32. The van der Waals surface area contributed by atoms with Gasteiger partial charge in [0.15, 0.2) is 0 Å². The third-order valence-corrected chi connectivity index (χ3v) is 4.53. The van der Waals surface area contributed by atoms with Crippen molar-refractivity contribution in [2.75, 3.05) is 13.7 Å². The first kappa shape index (κ1) is 15.8. The van der Waals surface area contributed by atoms with E-state index in [0.717, 1.165) is 30.6 Å². The maximum atomic E-state index is 12.5. The standard InChI is InChI=1S/C17H26N2O2/c1-12-5-4-8-17(10-12,11-18)19-16(20)14-7-6-13(2)15(9-14)21-3/h6-7,9,12H,4-5,8,10-11,18H2,1-3H3,(H,19,20). The van der Waals surface area contributed by atoms with Crippen LogP contribution in [0.3, 0.4) is 0 Å². The highest BCUT2D eigenvalue weighted by atomic mass is 16.5. The number of hydrogen-bond donors (Lipinski definition) is 2. The van der Waals surface area contributed by atoms with Crippen LogP contribution in [0.1, 0.15) is 48.5 Å². The molecule has 21 heavy (non-hydrogen) atoms. The summed E-state index contributed by atoms with van der Waals surface area (Å²) in [6.45, 7) is 4.68. The minimum Gasteiger partial charge on any atom is -0.496 e. The van der Waals surface area contributed by atoms with Crippen molar-refractivity contribution in [1.29, 1.82) is 0 Å². The van der Waals surface area contributed by atoms with Gasteiger partial charge in [-0.3, -0.25) is 4.79 Å². The summed E-state index contributed by atoms with van der Waals surface area (Å²) in [7, 11) is 1.62. The predicted molar refractivity (Wildman–Crippen MR) is 84.6 cm³/mol. The van der Waals surface area contributed by atoms with Gasteiger partial charge in [-0.15, -0.1) is 0 Å². The second-order valence-corrected chi connectivity index (χ2v) is 6.32. The summed E-state index contributed by atoms with van der Waals surface area (Å²) in [5, 5.41) is 3.18. The second kappa shape index (κ2) is 6.48. The van der Waals surface area contributed by atoms with E-state index in [4.69, 9.17) is 10.5 Å². The monoisotopic (exact) mass is 290 g/mol. The van der Waals surface area contributed by atoms with E-state index < -0.39 is 0 Å². The van der Waals surface area contributed by atoms with Gasteiger partial charge in [0.2, 0.25) is 0 Å². The molecule has 2 rings (SSSR count). The van der Waals surface area contributed by atoms with Gasteiger partial charge in [-0.25, -0.2) is 0 Å². The van der Waals surface area contributed by atoms with Crippen LogP contribution in [0.5, 0.6) is 5.75 Å². The van der Waals surface area contributed by atoms with E-state index in [2.05, 4.69) is 12.2 Å². The quantitative estimate of drug-likeness (QED) is 0.896. The van der Waals surface area contributed by atoms with Crippen molar-refractivity contribution < 1.29 is 9.53 Å². The van der Waals surface area contributed by atoms with Crippen molar-refractivity contribution in [2.45, 2.75) is 45.1 Å². The SMILES string of the molecule is COc1cc(C(=O)NC2(CN)CCCC(C)C2)ccc1C. The molecule has 2 atom stereocenters. The zero-order chi connectivity index (χ0) is 15.5. The summed E-state index contributed by atoms with van der Waals surface area (Å²) in [6.07, 6.45) is 4.26. The van der Waals surface area contributed by atoms with Crippen molar-refractivity contribution in [3.8, 4) is 5.75 Å². The Balaban J connectivity index is 2.16. The first-order valence-electron chi connectivity index (χ1n) is 7.67. The van der Waals surface area contributed by atoms with Crippen molar-refractivity contribution in [1.82, 2.24) is 5.32 Å². The van der Waals surface area contributed by atoms with E-state index in [1.165, 1.54) is 6.42 Å². The largest absolute Gasteiger partial charge is 0.496 e. The zero-order valence-corrected chi connectivity index (χ0v) is 13.2. The van der Waals surface area contributed by atoms with Crippen LogP contribution in [0.25, 0.3) is 0 Å². The molecule has 1 aliphatic carbocycles. The third-order valence-electron chi connectivity index (χ3n) is 4.53. The molecule has 4 heteroatoms. The molecular formula is C17H26N2O2. The summed E-state index contributed by atoms with van der Waals surface area (Å²) in [4.78, 5) is 12.5. The Kier molecular flexibility index (Phi) is 4.88. The molecule has 0 saturated heterocycles. The van der Waals surface area contributed by atoms with Crippen molar-refractivity contribution in [3.05, 3.63) is 29.3 Å². The molecule has 1 aromatic rings. The predicted octanol–water partition coefficient (Wildman–Crippen LogP) is 2.64. The Bertz CT molecular complexity index is 516. The van der Waals surface area contributed by atoms with Gasteiger partial charge >= 0.3 is 0 Å². The van der Waals surface area contributed by atoms with Gasteiger partial charge in [-0.2, -0.15) is 0 Å². The lowest BCUT2D eigenvalue weighted by atomic mass is 9.76. The van der Waals surface area contributed by atoms with Crippen LogP contribution in [0, 0.1) is 12.8 Å². The van der Waals surface area contributed by atoms with Gasteiger partial charge in [0, 0.05) is 12.1 Å². The van der Waals surface area contributed by atoms with Crippen molar-refractivity contribution >= 4 is 5.91 Å². The number of ether oxygens (including phenoxy) is 1. The topological polar surface area (TPSA) is 64.3 Å². The molecule has 1 saturated carbocycles. The molecule has 0 bridgehead atoms. The molecule has 0 heterocycles. The summed E-state index contributed by atoms with van der Waals surface area (Å²) in [6, 6.07) is 5.54. The minimum absolute atomic E-state index is 0.0622. The number of aryl methyl sites for hydroxylation is 1. The fourth-order valence-electron chi connectivity index (χ4n) is 3.28. The Labute approximate surface area is 127 Å². The number of carbonyl (C=O) groups is 1. The highest BCUT2D eigenvalue weighted by molar-refractivity contribution is 5.95. The zero-order valence-electron chi connectivity index (χ0n) is 13.2. The first-order valence-corrected chi connectivity index (χ1v) is 7.67. The number of methoxy groups -OCH3 is 1. The van der Waals surface area contributed by atoms with Crippen LogP contribution in [0.2, 0.25) is 0 Å². The average molecular weight is 290 g/mol. The third kappa shape index (κ3) is 3.56. The molecular weight excluding hydrogens is 264 g/mol. The molecule has 0 spiro atoms. The maximum Gasteiger partial charge on any atom is 0.251 e. The second-order valence-electron chi connectivity index (χ2n) is 6.32. The molecule has 0 radical (unpaired) electrons. The minimum atomic E-state index is -0.257. The summed E-state index contributed by atoms with van der Waals surface area (Å²) < 4.78 is 5.29. The van der Waals surface area contributed by atoms with Crippen LogP contribution in [0.15, 0.2) is 18.2 Å². The van der Waals surface area contributed by atoms with Crippen LogP contribution in [0.4, 0.5) is 0 Å². The van der Waals surface area contributed by atoms with Crippen molar-refractivity contribution in [2.24, 2.45) is 11.7 Å². The lowest BCUT2D eigenvalue weighted by Crippen LogP contribution is -2.56. The van der Waals surface area contributed by atoms with Crippen LogP contribution in [-0.2, 0) is 0 Å². The first-order chi connectivity index (χ1) is 9.99. The number of amides is 1. The Morgan fingerprint density at radius 3 is 2.90 bits per heavy atom. The lowest BCUT2D eigenvalue weighted by molar-refractivity contribution is 0.0853. The molecule has 1 aliphatic rings. The van der Waals surface area contributed by atoms with Gasteiger partial charge in [0.1, 0.15) is 5.75 Å². The molecule has 0 aliphatic heterocycles. The van der Waals surface area contributed by atoms with Gasteiger partial charge in [0.25, 0.3) is 5.91 Å². The number of hydrogen-bond acceptors (Lipinski definition) is 3. The maximum absolute atomic E-state index is 12.5. The van der Waals surface area contributed by atoms with E-state index in [0.29, 0.717) is 18.0 Å². The number of rotatable bonds is 4. The number of nitrogens with one attached hydrogen (secondary N) is 1. The van der Waals surface area contributed by atoms with Gasteiger partial charge in [0.05, 0.1) is 12.6 Å². The number of carbonyl (C=O) groups excluding carboxylic acids is 1. The van der Waals surface area contributed by atoms with E-state index >= 15 is 0 Å². The number of benzene rings is 1. The number of nitrogens with two attached hydrogens (primary N) is 1. The fraction of sp³-hybridized carbons (Fsp3) is 0.588. The average Bonchev–Trinajstić information content (AvgIpc) is 2.47. The molecule has 4 nitrogen and oxygen atoms in total. The molecule has 3 N–H and O–H groups in total. The highest BCUT2D eigenvalue weighted by Gasteiger charge is 2.35. The molecule has 1 amide bonds. The molecule has 1 fully saturated rings. The molecule has 1 aromatic carbocycles. The lowest BCUT2D eigenvalue weighted by Gasteiger charge is -2.40. The Morgan fingerprint density at radius 1 is 1.52 bits per heavy atom. The van der Waals surface area contributed by atoms with E-state index in [1.54, 1.807) is 13.2 Å². The van der Waals surface area contributed by atoms with Gasteiger partial charge in [-0.05, 0) is 43.4 Å². The van der Waals surface area contributed by atoms with E-state index in [1.807, 2.05) is 19.1 Å². The van der Waals surface area contributed by atoms with Crippen LogP contribution in [-0.4, -0.2) is 25.1 Å². The molecule has 0 aromatic heterocycles. The van der Waals surface area contributed by atoms with Gasteiger partial charge < -0.3 is 15.8 Å². The summed E-state index contributed by atoms with van der Waals surface area (Å²) >= 11 is 0. The Morgan fingerprint density at radius 2 is 2.29 bits per heavy atom.